The summed E-state index contributed by atoms with van der Waals surface area (Å²) in [5.41, 5.74) is -0.994. The summed E-state index contributed by atoms with van der Waals surface area (Å²) in [4.78, 5) is 14.4. The van der Waals surface area contributed by atoms with Crippen molar-refractivity contribution in [2.45, 2.75) is 56.8 Å². The first-order valence-corrected chi connectivity index (χ1v) is 12.6. The summed E-state index contributed by atoms with van der Waals surface area (Å²) in [6.07, 6.45) is 3.14. The second kappa shape index (κ2) is 9.48. The number of alkyl halides is 3. The smallest absolute Gasteiger partial charge is 0.419 e. The second-order valence-corrected chi connectivity index (χ2v) is 9.95. The third kappa shape index (κ3) is 4.48. The summed E-state index contributed by atoms with van der Waals surface area (Å²) in [6, 6.07) is 6.25. The highest BCUT2D eigenvalue weighted by Gasteiger charge is 2.52. The minimum absolute atomic E-state index is 0.138. The number of pyridine rings is 2. The number of thiocarbonyl (C=S) groups is 1. The largest absolute Gasteiger partial charge is 0.474 e. The molecule has 0 atom stereocenters. The van der Waals surface area contributed by atoms with Crippen molar-refractivity contribution in [3.63, 3.8) is 0 Å². The van der Waals surface area contributed by atoms with Gasteiger partial charge in [-0.2, -0.15) is 18.4 Å². The monoisotopic (exact) mass is 516 g/mol. The fourth-order valence-corrected chi connectivity index (χ4v) is 5.77. The Morgan fingerprint density at radius 2 is 1.89 bits per heavy atom. The Morgan fingerprint density at radius 1 is 1.17 bits per heavy atom. The van der Waals surface area contributed by atoms with Crippen LogP contribution in [0.5, 0.6) is 5.88 Å². The lowest BCUT2D eigenvalue weighted by atomic mass is 9.76. The van der Waals surface area contributed by atoms with Gasteiger partial charge in [0.1, 0.15) is 12.2 Å². The van der Waals surface area contributed by atoms with Crippen molar-refractivity contribution in [2.24, 2.45) is 0 Å². The first-order valence-electron chi connectivity index (χ1n) is 12.2. The Bertz CT molecular complexity index is 1170. The molecule has 4 heterocycles. The van der Waals surface area contributed by atoms with Crippen LogP contribution in [0.25, 0.3) is 0 Å². The number of hydrogen-bond acceptors (Lipinski definition) is 6. The molecule has 11 heteroatoms. The molecule has 2 aromatic heterocycles. The van der Waals surface area contributed by atoms with Crippen molar-refractivity contribution >= 4 is 28.7 Å². The molecule has 2 saturated heterocycles. The molecule has 0 amide bonds. The normalized spacial score (nSPS) is 20.5. The van der Waals surface area contributed by atoms with Gasteiger partial charge in [-0.15, -0.1) is 0 Å². The highest BCUT2D eigenvalue weighted by atomic mass is 32.1. The quantitative estimate of drug-likeness (QED) is 0.527. The summed E-state index contributed by atoms with van der Waals surface area (Å²) in [7, 11) is 0. The molecule has 7 nitrogen and oxygen atoms in total. The molecule has 3 aliphatic rings. The van der Waals surface area contributed by atoms with Crippen LogP contribution in [0.2, 0.25) is 0 Å². The van der Waals surface area contributed by atoms with Crippen molar-refractivity contribution in [3.8, 4) is 11.9 Å². The average molecular weight is 517 g/mol. The van der Waals surface area contributed by atoms with Crippen molar-refractivity contribution in [2.75, 3.05) is 36.0 Å². The van der Waals surface area contributed by atoms with Crippen molar-refractivity contribution in [1.82, 2.24) is 14.9 Å². The molecular formula is C25H27F3N6OS. The number of nitrogens with zero attached hydrogens (tertiary/aromatic N) is 6. The molecule has 0 radical (unpaired) electrons. The zero-order valence-electron chi connectivity index (χ0n) is 20.0. The molecule has 36 heavy (non-hydrogen) atoms. The van der Waals surface area contributed by atoms with Gasteiger partial charge < -0.3 is 19.4 Å². The van der Waals surface area contributed by atoms with Crippen molar-refractivity contribution in [1.29, 1.82) is 5.26 Å². The van der Waals surface area contributed by atoms with Crippen LogP contribution in [0.4, 0.5) is 24.5 Å². The van der Waals surface area contributed by atoms with Gasteiger partial charge in [0.2, 0.25) is 5.88 Å². The average Bonchev–Trinajstić information content (AvgIpc) is 3.18. The van der Waals surface area contributed by atoms with Crippen molar-refractivity contribution < 1.29 is 17.9 Å². The van der Waals surface area contributed by atoms with E-state index in [9.17, 15) is 13.2 Å². The number of likely N-dealkylation sites (tertiary alicyclic amines) is 1. The van der Waals surface area contributed by atoms with E-state index in [-0.39, 0.29) is 17.3 Å². The third-order valence-corrected chi connectivity index (χ3v) is 7.88. The fraction of sp³-hybridized carbons (Fsp3) is 0.520. The van der Waals surface area contributed by atoms with Gasteiger partial charge in [-0.1, -0.05) is 6.92 Å². The number of nitriles is 1. The number of anilines is 2. The predicted octanol–water partition coefficient (Wildman–Crippen LogP) is 4.76. The molecule has 0 aromatic carbocycles. The first-order chi connectivity index (χ1) is 17.2. The minimum atomic E-state index is -4.68. The van der Waals surface area contributed by atoms with Gasteiger partial charge in [0.15, 0.2) is 10.8 Å². The summed E-state index contributed by atoms with van der Waals surface area (Å²) in [6.45, 7) is 5.68. The number of piperidine rings is 1. The summed E-state index contributed by atoms with van der Waals surface area (Å²) >= 11 is 5.77. The summed E-state index contributed by atoms with van der Waals surface area (Å²) < 4.78 is 46.7. The van der Waals surface area contributed by atoms with Gasteiger partial charge in [0, 0.05) is 25.7 Å². The molecule has 1 aliphatic carbocycles. The van der Waals surface area contributed by atoms with E-state index < -0.39 is 17.4 Å². The zero-order chi connectivity index (χ0) is 25.5. The molecule has 3 fully saturated rings. The van der Waals surface area contributed by atoms with Gasteiger partial charge >= 0.3 is 6.18 Å². The maximum absolute atomic E-state index is 13.5. The Balaban J connectivity index is 1.36. The molecule has 2 aliphatic heterocycles. The van der Waals surface area contributed by atoms with E-state index in [4.69, 9.17) is 22.2 Å². The van der Waals surface area contributed by atoms with E-state index in [1.165, 1.54) is 12.3 Å². The topological polar surface area (TPSA) is 68.5 Å². The van der Waals surface area contributed by atoms with E-state index in [1.807, 2.05) is 17.0 Å². The highest BCUT2D eigenvalue weighted by Crippen LogP contribution is 2.47. The minimum Gasteiger partial charge on any atom is -0.474 e. The van der Waals surface area contributed by atoms with Gasteiger partial charge in [-0.25, -0.2) is 9.97 Å². The lowest BCUT2D eigenvalue weighted by molar-refractivity contribution is -0.138. The Hall–Kier alpha value is -2.97. The van der Waals surface area contributed by atoms with Crippen LogP contribution < -0.4 is 14.5 Å². The molecule has 0 bridgehead atoms. The number of aromatic nitrogens is 2. The molecule has 0 N–H and O–H groups in total. The van der Waals surface area contributed by atoms with Gasteiger partial charge in [0.25, 0.3) is 0 Å². The maximum Gasteiger partial charge on any atom is 0.419 e. The van der Waals surface area contributed by atoms with Crippen LogP contribution in [-0.2, 0) is 6.18 Å². The van der Waals surface area contributed by atoms with E-state index in [0.29, 0.717) is 17.5 Å². The van der Waals surface area contributed by atoms with Gasteiger partial charge in [-0.05, 0) is 63.0 Å². The molecule has 2 aromatic rings. The van der Waals surface area contributed by atoms with Crippen LogP contribution >= 0.6 is 12.2 Å². The Morgan fingerprint density at radius 3 is 2.44 bits per heavy atom. The Kier molecular flexibility index (Phi) is 6.51. The van der Waals surface area contributed by atoms with E-state index in [0.717, 1.165) is 63.5 Å². The zero-order valence-corrected chi connectivity index (χ0v) is 20.8. The third-order valence-electron chi connectivity index (χ3n) is 7.48. The highest BCUT2D eigenvalue weighted by molar-refractivity contribution is 7.80. The number of halogens is 3. The summed E-state index contributed by atoms with van der Waals surface area (Å²) in [5.74, 6) is 0.560. The van der Waals surface area contributed by atoms with E-state index in [2.05, 4.69) is 21.8 Å². The molecule has 1 saturated carbocycles. The maximum atomic E-state index is 13.5. The van der Waals surface area contributed by atoms with E-state index in [1.54, 1.807) is 11.1 Å². The molecule has 1 spiro atoms. The van der Waals surface area contributed by atoms with Crippen LogP contribution in [-0.4, -0.2) is 57.8 Å². The lowest BCUT2D eigenvalue weighted by Crippen LogP contribution is -2.52. The SMILES string of the molecule is CCN1CCC(Oc2ccc(N3C(=S)N(c4cnc(C#N)c(C(F)(F)F)c4)CC34CCC4)cn2)CC1. The number of hydrogen-bond donors (Lipinski definition) is 0. The van der Waals surface area contributed by atoms with Crippen LogP contribution in [0.1, 0.15) is 50.3 Å². The standard InChI is InChI=1S/C25H27F3N6OS/c1-2-32-10-6-19(7-11-32)35-22-5-4-17(14-31-22)34-23(36)33(16-24(34)8-3-9-24)18-12-20(25(26,27)28)21(13-29)30-15-18/h4-5,12,14-15,19H,2-3,6-11,16H2,1H3. The second-order valence-electron chi connectivity index (χ2n) is 9.59. The van der Waals surface area contributed by atoms with Crippen LogP contribution in [0.15, 0.2) is 30.6 Å². The lowest BCUT2D eigenvalue weighted by Gasteiger charge is -2.44. The predicted molar refractivity (Wildman–Crippen MR) is 133 cm³/mol. The molecule has 5 rings (SSSR count). The van der Waals surface area contributed by atoms with Crippen molar-refractivity contribution in [3.05, 3.63) is 41.9 Å². The summed E-state index contributed by atoms with van der Waals surface area (Å²) in [5, 5.41) is 9.48. The fourth-order valence-electron chi connectivity index (χ4n) is 5.30. The number of rotatable bonds is 5. The molecular weight excluding hydrogens is 489 g/mol. The Labute approximate surface area is 213 Å². The molecule has 190 valence electrons. The van der Waals surface area contributed by atoms with Gasteiger partial charge in [-0.3, -0.25) is 0 Å². The van der Waals surface area contributed by atoms with E-state index >= 15 is 0 Å². The number of ether oxygens (including phenoxy) is 1. The van der Waals surface area contributed by atoms with Crippen LogP contribution in [0.3, 0.4) is 0 Å². The molecule has 0 unspecified atom stereocenters. The van der Waals surface area contributed by atoms with Crippen LogP contribution in [0, 0.1) is 11.3 Å². The first kappa shape index (κ1) is 24.7. The van der Waals surface area contributed by atoms with Gasteiger partial charge in [0.05, 0.1) is 34.9 Å².